The van der Waals surface area contributed by atoms with Crippen molar-refractivity contribution in [3.63, 3.8) is 0 Å². The van der Waals surface area contributed by atoms with Crippen LogP contribution in [0.5, 0.6) is 0 Å². The smallest absolute Gasteiger partial charge is 0.412 e. The van der Waals surface area contributed by atoms with E-state index in [4.69, 9.17) is 9.47 Å². The van der Waals surface area contributed by atoms with E-state index in [9.17, 15) is 14.4 Å². The van der Waals surface area contributed by atoms with Crippen molar-refractivity contribution in [2.75, 3.05) is 0 Å². The van der Waals surface area contributed by atoms with Crippen LogP contribution in [0.3, 0.4) is 0 Å². The van der Waals surface area contributed by atoms with Crippen LogP contribution in [0.25, 0.3) is 0 Å². The summed E-state index contributed by atoms with van der Waals surface area (Å²) in [5.74, 6) is -0.313. The van der Waals surface area contributed by atoms with Gasteiger partial charge in [0.15, 0.2) is 6.17 Å². The van der Waals surface area contributed by atoms with Crippen molar-refractivity contribution in [1.29, 1.82) is 0 Å². The number of ether oxygens (including phenoxy) is 2. The fraction of sp³-hybridized carbons (Fsp3) is 0.625. The van der Waals surface area contributed by atoms with Crippen molar-refractivity contribution in [3.8, 4) is 0 Å². The number of carbonyl (C=O) groups is 3. The van der Waals surface area contributed by atoms with Gasteiger partial charge in [-0.1, -0.05) is 43.2 Å². The van der Waals surface area contributed by atoms with Crippen LogP contribution in [0, 0.1) is 0 Å². The van der Waals surface area contributed by atoms with Gasteiger partial charge in [0, 0.05) is 5.56 Å². The van der Waals surface area contributed by atoms with Crippen molar-refractivity contribution in [2.45, 2.75) is 96.7 Å². The zero-order valence-electron chi connectivity index (χ0n) is 19.4. The van der Waals surface area contributed by atoms with Crippen LogP contribution in [-0.2, 0) is 9.47 Å². The Kier molecular flexibility index (Phi) is 6.35. The Bertz CT molecular complexity index is 781. The van der Waals surface area contributed by atoms with Gasteiger partial charge in [0.25, 0.3) is 0 Å². The number of nitrogens with zero attached hydrogens (tertiary/aromatic N) is 2. The molecule has 1 aromatic rings. The molecule has 2 atom stereocenters. The van der Waals surface area contributed by atoms with Gasteiger partial charge in [-0.3, -0.25) is 14.6 Å². The quantitative estimate of drug-likeness (QED) is 0.618. The molecule has 0 N–H and O–H groups in total. The minimum absolute atomic E-state index is 0.284. The molecule has 2 amide bonds. The van der Waals surface area contributed by atoms with E-state index < -0.39 is 29.6 Å². The molecule has 1 saturated heterocycles. The average molecular weight is 431 g/mol. The number of Topliss-reactive ketones (excluding diaryl/α,β-unsaturated/α-hetero) is 1. The van der Waals surface area contributed by atoms with Gasteiger partial charge in [0.05, 0.1) is 12.1 Å². The number of amides is 2. The van der Waals surface area contributed by atoms with Crippen LogP contribution >= 0.6 is 0 Å². The van der Waals surface area contributed by atoms with Crippen molar-refractivity contribution in [1.82, 2.24) is 9.80 Å². The third kappa shape index (κ3) is 5.20. The average Bonchev–Trinajstić information content (AvgIpc) is 3.01. The van der Waals surface area contributed by atoms with Gasteiger partial charge in [-0.05, 0) is 54.4 Å². The highest BCUT2D eigenvalue weighted by molar-refractivity contribution is 6.03. The van der Waals surface area contributed by atoms with E-state index in [2.05, 4.69) is 0 Å². The van der Waals surface area contributed by atoms with Crippen LogP contribution in [0.15, 0.2) is 30.3 Å². The first-order chi connectivity index (χ1) is 14.4. The van der Waals surface area contributed by atoms with Gasteiger partial charge < -0.3 is 9.47 Å². The zero-order valence-corrected chi connectivity index (χ0v) is 19.4. The number of rotatable bonds is 2. The Balaban J connectivity index is 2.06. The molecule has 1 aliphatic carbocycles. The van der Waals surface area contributed by atoms with Crippen LogP contribution in [0.2, 0.25) is 0 Å². The summed E-state index contributed by atoms with van der Waals surface area (Å²) in [4.78, 5) is 43.2. The SMILES string of the molecule is CC(C)(C)OC(=O)N1C(C(=O)c2ccccc2)N(C(=O)OC(C)(C)C)[C@@H]2CCCC[C@H]21. The Morgan fingerprint density at radius 3 is 1.58 bits per heavy atom. The lowest BCUT2D eigenvalue weighted by molar-refractivity contribution is -0.00260. The summed E-state index contributed by atoms with van der Waals surface area (Å²) in [6, 6.07) is 8.19. The highest BCUT2D eigenvalue weighted by Gasteiger charge is 2.56. The van der Waals surface area contributed by atoms with E-state index in [1.165, 1.54) is 9.80 Å². The molecule has 2 aliphatic rings. The number of hydrogen-bond acceptors (Lipinski definition) is 5. The largest absolute Gasteiger partial charge is 0.444 e. The molecular formula is C24H34N2O5. The molecule has 1 aliphatic heterocycles. The second kappa shape index (κ2) is 8.52. The molecule has 7 nitrogen and oxygen atoms in total. The molecule has 7 heteroatoms. The van der Waals surface area contributed by atoms with Crippen molar-refractivity contribution in [3.05, 3.63) is 35.9 Å². The second-order valence-corrected chi connectivity index (χ2v) is 10.3. The van der Waals surface area contributed by atoms with Crippen LogP contribution < -0.4 is 0 Å². The standard InChI is InChI=1S/C24H34N2O5/c1-23(2,3)30-21(28)25-17-14-10-11-15-18(17)26(22(29)31-24(4,5)6)20(25)19(27)16-12-8-7-9-13-16/h7-9,12-13,17-18,20H,10-11,14-15H2,1-6H3/t17-,18-/m1/s1. The molecular weight excluding hydrogens is 396 g/mol. The molecule has 1 heterocycles. The second-order valence-electron chi connectivity index (χ2n) is 10.3. The normalized spacial score (nSPS) is 22.1. The summed E-state index contributed by atoms with van der Waals surface area (Å²) in [6.45, 7) is 10.7. The van der Waals surface area contributed by atoms with E-state index in [1.807, 2.05) is 6.07 Å². The first-order valence-corrected chi connectivity index (χ1v) is 11.0. The van der Waals surface area contributed by atoms with Gasteiger partial charge in [0.1, 0.15) is 11.2 Å². The van der Waals surface area contributed by atoms with Crippen molar-refractivity contribution in [2.24, 2.45) is 0 Å². The summed E-state index contributed by atoms with van der Waals surface area (Å²) in [6.07, 6.45) is 1.02. The molecule has 1 saturated carbocycles. The van der Waals surface area contributed by atoms with Crippen LogP contribution in [0.1, 0.15) is 77.6 Å². The van der Waals surface area contributed by atoms with Crippen LogP contribution in [-0.4, -0.2) is 57.2 Å². The summed E-state index contributed by atoms with van der Waals surface area (Å²) in [5, 5.41) is 0. The molecule has 0 radical (unpaired) electrons. The molecule has 0 spiro atoms. The van der Waals surface area contributed by atoms with Gasteiger partial charge in [-0.15, -0.1) is 0 Å². The molecule has 3 rings (SSSR count). The molecule has 2 fully saturated rings. The monoisotopic (exact) mass is 430 g/mol. The summed E-state index contributed by atoms with van der Waals surface area (Å²) in [7, 11) is 0. The fourth-order valence-electron chi connectivity index (χ4n) is 4.34. The minimum Gasteiger partial charge on any atom is -0.444 e. The maximum absolute atomic E-state index is 13.7. The van der Waals surface area contributed by atoms with Crippen molar-refractivity contribution < 1.29 is 23.9 Å². The highest BCUT2D eigenvalue weighted by atomic mass is 16.6. The molecule has 0 bridgehead atoms. The number of carbonyl (C=O) groups excluding carboxylic acids is 3. The summed E-state index contributed by atoms with van der Waals surface area (Å²) in [5.41, 5.74) is -1.00. The van der Waals surface area contributed by atoms with E-state index in [1.54, 1.807) is 65.8 Å². The van der Waals surface area contributed by atoms with Gasteiger partial charge in [-0.25, -0.2) is 9.59 Å². The molecule has 1 aromatic carbocycles. The predicted molar refractivity (Wildman–Crippen MR) is 117 cm³/mol. The van der Waals surface area contributed by atoms with Gasteiger partial charge >= 0.3 is 12.2 Å². The highest BCUT2D eigenvalue weighted by Crippen LogP contribution is 2.39. The first kappa shape index (κ1) is 23.1. The zero-order chi connectivity index (χ0) is 23.0. The number of hydrogen-bond donors (Lipinski definition) is 0. The number of benzene rings is 1. The lowest BCUT2D eigenvalue weighted by Crippen LogP contribution is -2.53. The number of ketones is 1. The third-order valence-electron chi connectivity index (χ3n) is 5.44. The molecule has 0 unspecified atom stereocenters. The van der Waals surface area contributed by atoms with Crippen LogP contribution in [0.4, 0.5) is 9.59 Å². The fourth-order valence-corrected chi connectivity index (χ4v) is 4.34. The first-order valence-electron chi connectivity index (χ1n) is 11.0. The maximum Gasteiger partial charge on any atom is 0.412 e. The van der Waals surface area contributed by atoms with E-state index in [-0.39, 0.29) is 17.9 Å². The number of fused-ring (bicyclic) bond motifs is 1. The molecule has 170 valence electrons. The predicted octanol–water partition coefficient (Wildman–Crippen LogP) is 4.99. The van der Waals surface area contributed by atoms with Gasteiger partial charge in [-0.2, -0.15) is 0 Å². The minimum atomic E-state index is -1.10. The third-order valence-corrected chi connectivity index (χ3v) is 5.44. The van der Waals surface area contributed by atoms with E-state index in [0.29, 0.717) is 18.4 Å². The van der Waals surface area contributed by atoms with E-state index in [0.717, 1.165) is 12.8 Å². The summed E-state index contributed by atoms with van der Waals surface area (Å²) < 4.78 is 11.3. The lowest BCUT2D eigenvalue weighted by atomic mass is 9.90. The molecule has 0 aromatic heterocycles. The topological polar surface area (TPSA) is 76.2 Å². The maximum atomic E-state index is 13.7. The van der Waals surface area contributed by atoms with E-state index >= 15 is 0 Å². The Morgan fingerprint density at radius 2 is 1.19 bits per heavy atom. The Hall–Kier alpha value is -2.57. The summed E-state index contributed by atoms with van der Waals surface area (Å²) >= 11 is 0. The Morgan fingerprint density at radius 1 is 0.774 bits per heavy atom. The van der Waals surface area contributed by atoms with Crippen molar-refractivity contribution >= 4 is 18.0 Å². The van der Waals surface area contributed by atoms with Gasteiger partial charge in [0.2, 0.25) is 5.78 Å². The Labute approximate surface area is 184 Å². The molecule has 31 heavy (non-hydrogen) atoms. The lowest BCUT2D eigenvalue weighted by Gasteiger charge is -2.33.